The molecule has 0 aliphatic carbocycles. The summed E-state index contributed by atoms with van der Waals surface area (Å²) in [7, 11) is 0. The van der Waals surface area contributed by atoms with E-state index in [4.69, 9.17) is 0 Å². The summed E-state index contributed by atoms with van der Waals surface area (Å²) in [5, 5.41) is 3.74. The number of nitrogens with one attached hydrogen (secondary N) is 1. The van der Waals surface area contributed by atoms with E-state index in [1.54, 1.807) is 0 Å². The monoisotopic (exact) mass is 274 g/mol. The minimum atomic E-state index is 0.724. The molecular weight excluding hydrogens is 244 g/mol. The van der Waals surface area contributed by atoms with Crippen molar-refractivity contribution in [3.8, 4) is 0 Å². The number of hydrogen-bond donors (Lipinski definition) is 1. The summed E-state index contributed by atoms with van der Waals surface area (Å²) in [6, 6.07) is 9.45. The molecule has 0 radical (unpaired) electrons. The van der Waals surface area contributed by atoms with E-state index in [0.29, 0.717) is 0 Å². The average Bonchev–Trinajstić information content (AvgIpc) is 2.42. The fraction of sp³-hybridized carbons (Fsp3) is 0.667. The van der Waals surface area contributed by atoms with Crippen molar-refractivity contribution >= 4 is 0 Å². The molecule has 20 heavy (non-hydrogen) atoms. The summed E-state index contributed by atoms with van der Waals surface area (Å²) in [5.74, 6) is 0.792. The lowest BCUT2D eigenvalue weighted by Crippen LogP contribution is -2.44. The van der Waals surface area contributed by atoms with Gasteiger partial charge >= 0.3 is 0 Å². The molecule has 1 aromatic rings. The molecule has 0 saturated carbocycles. The number of likely N-dealkylation sites (tertiary alicyclic amines) is 1. The van der Waals surface area contributed by atoms with Crippen LogP contribution in [0.1, 0.15) is 37.8 Å². The number of nitrogens with zero attached hydrogens (tertiary/aromatic N) is 1. The van der Waals surface area contributed by atoms with E-state index in [1.165, 1.54) is 43.6 Å². The quantitative estimate of drug-likeness (QED) is 0.856. The number of hydrogen-bond acceptors (Lipinski definition) is 2. The van der Waals surface area contributed by atoms with E-state index in [1.807, 2.05) is 0 Å². The molecule has 2 heteroatoms. The number of piperidine rings is 1. The van der Waals surface area contributed by atoms with Crippen LogP contribution in [0.5, 0.6) is 0 Å². The van der Waals surface area contributed by atoms with Gasteiger partial charge in [-0.05, 0) is 62.9 Å². The Morgan fingerprint density at radius 3 is 2.55 bits per heavy atom. The minimum absolute atomic E-state index is 0.724. The van der Waals surface area contributed by atoms with Gasteiger partial charge in [0.1, 0.15) is 0 Å². The fourth-order valence-electron chi connectivity index (χ4n) is 3.14. The molecule has 1 heterocycles. The van der Waals surface area contributed by atoms with Crippen molar-refractivity contribution in [1.29, 1.82) is 0 Å². The van der Waals surface area contributed by atoms with Crippen LogP contribution in [0.4, 0.5) is 0 Å². The van der Waals surface area contributed by atoms with E-state index >= 15 is 0 Å². The van der Waals surface area contributed by atoms with Crippen molar-refractivity contribution in [1.82, 2.24) is 10.2 Å². The van der Waals surface area contributed by atoms with E-state index in [2.05, 4.69) is 55.3 Å². The van der Waals surface area contributed by atoms with Crippen molar-refractivity contribution < 1.29 is 0 Å². The average molecular weight is 274 g/mol. The summed E-state index contributed by atoms with van der Waals surface area (Å²) in [6.07, 6.45) is 3.76. The Morgan fingerprint density at radius 1 is 1.20 bits per heavy atom. The van der Waals surface area contributed by atoms with Crippen LogP contribution in [0.15, 0.2) is 24.3 Å². The molecule has 0 unspecified atom stereocenters. The largest absolute Gasteiger partial charge is 0.314 e. The standard InChI is InChI=1S/C18H30N2/c1-15(2)14-20-12-9-18(10-13-20)19-11-8-17-7-5-4-6-16(17)3/h4-7,15,18-19H,8-14H2,1-3H3. The van der Waals surface area contributed by atoms with Gasteiger partial charge in [0, 0.05) is 12.6 Å². The first-order valence-corrected chi connectivity index (χ1v) is 8.15. The van der Waals surface area contributed by atoms with Crippen molar-refractivity contribution in [3.05, 3.63) is 35.4 Å². The van der Waals surface area contributed by atoms with Gasteiger partial charge in [0.05, 0.1) is 0 Å². The summed E-state index contributed by atoms with van der Waals surface area (Å²) in [6.45, 7) is 11.7. The zero-order valence-electron chi connectivity index (χ0n) is 13.4. The molecule has 0 atom stereocenters. The topological polar surface area (TPSA) is 15.3 Å². The highest BCUT2D eigenvalue weighted by molar-refractivity contribution is 5.25. The van der Waals surface area contributed by atoms with Crippen LogP contribution in [0.2, 0.25) is 0 Å². The molecule has 1 aliphatic rings. The fourth-order valence-corrected chi connectivity index (χ4v) is 3.14. The molecule has 0 bridgehead atoms. The van der Waals surface area contributed by atoms with E-state index in [0.717, 1.165) is 24.9 Å². The molecule has 0 amide bonds. The molecule has 1 aliphatic heterocycles. The minimum Gasteiger partial charge on any atom is -0.314 e. The Morgan fingerprint density at radius 2 is 1.90 bits per heavy atom. The van der Waals surface area contributed by atoms with Crippen molar-refractivity contribution in [2.75, 3.05) is 26.2 Å². The van der Waals surface area contributed by atoms with Gasteiger partial charge in [-0.2, -0.15) is 0 Å². The zero-order valence-corrected chi connectivity index (χ0v) is 13.4. The van der Waals surface area contributed by atoms with E-state index in [9.17, 15) is 0 Å². The lowest BCUT2D eigenvalue weighted by Gasteiger charge is -2.33. The Kier molecular flexibility index (Phi) is 6.06. The van der Waals surface area contributed by atoms with Crippen molar-refractivity contribution in [3.63, 3.8) is 0 Å². The van der Waals surface area contributed by atoms with Gasteiger partial charge in [0.15, 0.2) is 0 Å². The second kappa shape index (κ2) is 7.80. The Hall–Kier alpha value is -0.860. The predicted octanol–water partition coefficient (Wildman–Crippen LogP) is 3.25. The Bertz CT molecular complexity index is 392. The lowest BCUT2D eigenvalue weighted by molar-refractivity contribution is 0.180. The second-order valence-corrected chi connectivity index (χ2v) is 6.60. The van der Waals surface area contributed by atoms with Crippen LogP contribution in [0.25, 0.3) is 0 Å². The number of aryl methyl sites for hydroxylation is 1. The van der Waals surface area contributed by atoms with Gasteiger partial charge in [0.25, 0.3) is 0 Å². The molecule has 0 aromatic heterocycles. The highest BCUT2D eigenvalue weighted by Gasteiger charge is 2.18. The summed E-state index contributed by atoms with van der Waals surface area (Å²) < 4.78 is 0. The molecule has 1 aromatic carbocycles. The maximum absolute atomic E-state index is 3.74. The zero-order chi connectivity index (χ0) is 14.4. The predicted molar refractivity (Wildman–Crippen MR) is 87.2 cm³/mol. The third-order valence-corrected chi connectivity index (χ3v) is 4.30. The smallest absolute Gasteiger partial charge is 0.00915 e. The molecule has 1 fully saturated rings. The van der Waals surface area contributed by atoms with Crippen LogP contribution in [-0.4, -0.2) is 37.1 Å². The van der Waals surface area contributed by atoms with Crippen LogP contribution in [0.3, 0.4) is 0 Å². The first-order chi connectivity index (χ1) is 9.65. The van der Waals surface area contributed by atoms with Gasteiger partial charge in [-0.25, -0.2) is 0 Å². The van der Waals surface area contributed by atoms with Crippen LogP contribution >= 0.6 is 0 Å². The molecule has 2 nitrogen and oxygen atoms in total. The van der Waals surface area contributed by atoms with Gasteiger partial charge in [0.2, 0.25) is 0 Å². The molecule has 112 valence electrons. The third kappa shape index (κ3) is 4.92. The molecule has 1 N–H and O–H groups in total. The first kappa shape index (κ1) is 15.5. The van der Waals surface area contributed by atoms with Crippen LogP contribution in [0, 0.1) is 12.8 Å². The third-order valence-electron chi connectivity index (χ3n) is 4.30. The maximum Gasteiger partial charge on any atom is 0.00915 e. The molecule has 2 rings (SSSR count). The Balaban J connectivity index is 1.65. The highest BCUT2D eigenvalue weighted by Crippen LogP contribution is 2.12. The van der Waals surface area contributed by atoms with Gasteiger partial charge in [-0.3, -0.25) is 0 Å². The summed E-state index contributed by atoms with van der Waals surface area (Å²) >= 11 is 0. The van der Waals surface area contributed by atoms with Gasteiger partial charge in [-0.15, -0.1) is 0 Å². The van der Waals surface area contributed by atoms with Crippen molar-refractivity contribution in [2.24, 2.45) is 5.92 Å². The highest BCUT2D eigenvalue weighted by atomic mass is 15.1. The maximum atomic E-state index is 3.74. The number of benzene rings is 1. The van der Waals surface area contributed by atoms with Gasteiger partial charge in [-0.1, -0.05) is 38.1 Å². The summed E-state index contributed by atoms with van der Waals surface area (Å²) in [4.78, 5) is 2.62. The van der Waals surface area contributed by atoms with E-state index < -0.39 is 0 Å². The molecule has 1 saturated heterocycles. The second-order valence-electron chi connectivity index (χ2n) is 6.60. The first-order valence-electron chi connectivity index (χ1n) is 8.15. The van der Waals surface area contributed by atoms with Gasteiger partial charge < -0.3 is 10.2 Å². The summed E-state index contributed by atoms with van der Waals surface area (Å²) in [5.41, 5.74) is 2.90. The van der Waals surface area contributed by atoms with Crippen LogP contribution in [-0.2, 0) is 6.42 Å². The van der Waals surface area contributed by atoms with Crippen molar-refractivity contribution in [2.45, 2.75) is 46.1 Å². The Labute approximate surface area is 124 Å². The SMILES string of the molecule is Cc1ccccc1CCNC1CCN(CC(C)C)CC1. The molecular formula is C18H30N2. The van der Waals surface area contributed by atoms with Crippen LogP contribution < -0.4 is 5.32 Å². The molecule has 0 spiro atoms. The number of rotatable bonds is 6. The lowest BCUT2D eigenvalue weighted by atomic mass is 10.0. The normalized spacial score (nSPS) is 17.8. The van der Waals surface area contributed by atoms with E-state index in [-0.39, 0.29) is 0 Å².